The van der Waals surface area contributed by atoms with Gasteiger partial charge in [0.05, 0.1) is 0 Å². The zero-order chi connectivity index (χ0) is 13.0. The molecule has 1 aliphatic rings. The Morgan fingerprint density at radius 3 is 3.17 bits per heavy atom. The third-order valence-corrected chi connectivity index (χ3v) is 2.59. The van der Waals surface area contributed by atoms with Crippen molar-refractivity contribution >= 4 is 23.6 Å². The van der Waals surface area contributed by atoms with Gasteiger partial charge in [-0.1, -0.05) is 6.92 Å². The summed E-state index contributed by atoms with van der Waals surface area (Å²) in [6.07, 6.45) is 4.72. The Morgan fingerprint density at radius 2 is 2.39 bits per heavy atom. The molecule has 0 aliphatic carbocycles. The van der Waals surface area contributed by atoms with E-state index in [0.29, 0.717) is 30.2 Å². The summed E-state index contributed by atoms with van der Waals surface area (Å²) >= 11 is 0. The number of nitrogens with one attached hydrogen (secondary N) is 1. The van der Waals surface area contributed by atoms with Crippen molar-refractivity contribution in [2.45, 2.75) is 19.8 Å². The van der Waals surface area contributed by atoms with Crippen molar-refractivity contribution in [1.29, 1.82) is 0 Å². The molecule has 0 saturated heterocycles. The Morgan fingerprint density at radius 1 is 1.56 bits per heavy atom. The molecule has 0 spiro atoms. The molecule has 5 heteroatoms. The fraction of sp³-hybridized carbons (Fsp3) is 0.308. The second-order valence-corrected chi connectivity index (χ2v) is 4.12. The van der Waals surface area contributed by atoms with Gasteiger partial charge in [0.1, 0.15) is 5.84 Å². The van der Waals surface area contributed by atoms with Crippen molar-refractivity contribution in [3.63, 3.8) is 0 Å². The van der Waals surface area contributed by atoms with Gasteiger partial charge >= 0.3 is 0 Å². The van der Waals surface area contributed by atoms with Gasteiger partial charge in [-0.25, -0.2) is 9.98 Å². The van der Waals surface area contributed by atoms with Crippen molar-refractivity contribution < 1.29 is 4.79 Å². The van der Waals surface area contributed by atoms with E-state index in [1.807, 2.05) is 19.1 Å². The van der Waals surface area contributed by atoms with Crippen LogP contribution in [0.1, 0.15) is 25.3 Å². The second kappa shape index (κ2) is 5.44. The van der Waals surface area contributed by atoms with E-state index in [0.717, 1.165) is 12.0 Å². The highest BCUT2D eigenvalue weighted by atomic mass is 16.1. The first kappa shape index (κ1) is 12.3. The molecule has 1 aromatic heterocycles. The van der Waals surface area contributed by atoms with E-state index in [-0.39, 0.29) is 5.91 Å². The number of carbonyl (C=O) groups excluding carboxylic acids is 1. The number of amidine groups is 1. The van der Waals surface area contributed by atoms with Gasteiger partial charge in [-0.3, -0.25) is 4.79 Å². The molecule has 0 fully saturated rings. The summed E-state index contributed by atoms with van der Waals surface area (Å²) in [6.45, 7) is 2.67. The Kier molecular flexibility index (Phi) is 3.72. The monoisotopic (exact) mass is 244 g/mol. The van der Waals surface area contributed by atoms with E-state index in [2.05, 4.69) is 15.3 Å². The van der Waals surface area contributed by atoms with Crippen LogP contribution in [0.15, 0.2) is 28.9 Å². The average Bonchev–Trinajstić information content (AvgIpc) is 2.53. The number of carbonyl (C=O) groups is 1. The lowest BCUT2D eigenvalue weighted by molar-refractivity contribution is -0.117. The molecule has 1 amide bonds. The third kappa shape index (κ3) is 2.74. The van der Waals surface area contributed by atoms with E-state index >= 15 is 0 Å². The van der Waals surface area contributed by atoms with Crippen LogP contribution in [0.3, 0.4) is 0 Å². The Bertz CT molecular complexity index is 519. The highest BCUT2D eigenvalue weighted by molar-refractivity contribution is 6.05. The number of hydrogen-bond donors (Lipinski definition) is 2. The molecule has 0 bridgehead atoms. The largest absolute Gasteiger partial charge is 0.387 e. The van der Waals surface area contributed by atoms with Gasteiger partial charge in [0.25, 0.3) is 0 Å². The molecule has 0 atom stereocenters. The maximum atomic E-state index is 12.0. The van der Waals surface area contributed by atoms with Crippen LogP contribution in [0, 0.1) is 0 Å². The van der Waals surface area contributed by atoms with Crippen LogP contribution in [-0.4, -0.2) is 23.3 Å². The molecule has 2 heterocycles. The molecule has 1 aromatic rings. The van der Waals surface area contributed by atoms with Crippen LogP contribution in [0.25, 0.3) is 6.08 Å². The van der Waals surface area contributed by atoms with Crippen molar-refractivity contribution in [3.8, 4) is 0 Å². The number of aliphatic imine (C=N–C) groups is 1. The summed E-state index contributed by atoms with van der Waals surface area (Å²) in [4.78, 5) is 20.3. The number of hydrogen-bond acceptors (Lipinski definition) is 4. The summed E-state index contributed by atoms with van der Waals surface area (Å²) in [7, 11) is 0. The van der Waals surface area contributed by atoms with Crippen LogP contribution in [0.4, 0.5) is 5.82 Å². The molecule has 3 N–H and O–H groups in total. The molecule has 2 rings (SSSR count). The molecule has 0 aromatic carbocycles. The number of nitrogens with zero attached hydrogens (tertiary/aromatic N) is 2. The maximum absolute atomic E-state index is 12.0. The number of aromatic nitrogens is 1. The number of rotatable bonds is 3. The van der Waals surface area contributed by atoms with Gasteiger partial charge in [-0.05, 0) is 24.6 Å². The SMILES string of the molecule is CCCNC(=O)C1=Cc2cccnc2N=C(N)C1. The highest BCUT2D eigenvalue weighted by Gasteiger charge is 2.15. The normalized spacial score (nSPS) is 14.1. The molecule has 5 nitrogen and oxygen atoms in total. The minimum absolute atomic E-state index is 0.0910. The van der Waals surface area contributed by atoms with Crippen LogP contribution in [-0.2, 0) is 4.79 Å². The van der Waals surface area contributed by atoms with E-state index in [1.165, 1.54) is 0 Å². The fourth-order valence-corrected chi connectivity index (χ4v) is 1.72. The lowest BCUT2D eigenvalue weighted by atomic mass is 10.1. The molecular weight excluding hydrogens is 228 g/mol. The maximum Gasteiger partial charge on any atom is 0.247 e. The molecule has 18 heavy (non-hydrogen) atoms. The lowest BCUT2D eigenvalue weighted by Gasteiger charge is -2.06. The standard InChI is InChI=1S/C13H16N4O/c1-2-5-16-13(18)10-7-9-4-3-6-15-12(9)17-11(14)8-10/h3-4,6-7H,2,5,8H2,1H3,(H,16,18)(H2,14,15,17). The first-order valence-electron chi connectivity index (χ1n) is 5.97. The zero-order valence-electron chi connectivity index (χ0n) is 10.3. The third-order valence-electron chi connectivity index (χ3n) is 2.59. The number of fused-ring (bicyclic) bond motifs is 1. The zero-order valence-corrected chi connectivity index (χ0v) is 10.3. The van der Waals surface area contributed by atoms with Crippen LogP contribution >= 0.6 is 0 Å². The van der Waals surface area contributed by atoms with Gasteiger partial charge in [0.2, 0.25) is 5.91 Å². The first-order chi connectivity index (χ1) is 8.70. The summed E-state index contributed by atoms with van der Waals surface area (Å²) in [5, 5.41) is 2.84. The van der Waals surface area contributed by atoms with Gasteiger partial charge in [0, 0.05) is 30.3 Å². The van der Waals surface area contributed by atoms with E-state index in [1.54, 1.807) is 12.3 Å². The summed E-state index contributed by atoms with van der Waals surface area (Å²) in [6, 6.07) is 3.69. The fourth-order valence-electron chi connectivity index (χ4n) is 1.72. The van der Waals surface area contributed by atoms with Crippen molar-refractivity contribution in [1.82, 2.24) is 10.3 Å². The van der Waals surface area contributed by atoms with Gasteiger partial charge in [0.15, 0.2) is 5.82 Å². The van der Waals surface area contributed by atoms with Crippen LogP contribution in [0.2, 0.25) is 0 Å². The van der Waals surface area contributed by atoms with E-state index in [4.69, 9.17) is 5.73 Å². The molecule has 94 valence electrons. The topological polar surface area (TPSA) is 80.4 Å². The number of amides is 1. The number of nitrogens with two attached hydrogens (primary N) is 1. The van der Waals surface area contributed by atoms with Crippen LogP contribution < -0.4 is 11.1 Å². The smallest absolute Gasteiger partial charge is 0.247 e. The second-order valence-electron chi connectivity index (χ2n) is 4.12. The number of pyridine rings is 1. The van der Waals surface area contributed by atoms with Crippen molar-refractivity contribution in [2.24, 2.45) is 10.7 Å². The molecule has 0 saturated carbocycles. The Balaban J connectivity index is 2.31. The predicted molar refractivity (Wildman–Crippen MR) is 71.4 cm³/mol. The minimum atomic E-state index is -0.0910. The predicted octanol–water partition coefficient (Wildman–Crippen LogP) is 1.38. The van der Waals surface area contributed by atoms with E-state index < -0.39 is 0 Å². The Labute approximate surface area is 106 Å². The molecule has 1 aliphatic heterocycles. The summed E-state index contributed by atoms with van der Waals surface area (Å²) < 4.78 is 0. The first-order valence-corrected chi connectivity index (χ1v) is 5.97. The van der Waals surface area contributed by atoms with Crippen molar-refractivity contribution in [3.05, 3.63) is 29.5 Å². The van der Waals surface area contributed by atoms with Gasteiger partial charge in [-0.2, -0.15) is 0 Å². The lowest BCUT2D eigenvalue weighted by Crippen LogP contribution is -2.27. The molecule has 0 radical (unpaired) electrons. The average molecular weight is 244 g/mol. The van der Waals surface area contributed by atoms with Crippen LogP contribution in [0.5, 0.6) is 0 Å². The van der Waals surface area contributed by atoms with Gasteiger partial charge < -0.3 is 11.1 Å². The molecule has 0 unspecified atom stereocenters. The Hall–Kier alpha value is -2.17. The highest BCUT2D eigenvalue weighted by Crippen LogP contribution is 2.23. The van der Waals surface area contributed by atoms with Gasteiger partial charge in [-0.15, -0.1) is 0 Å². The molecular formula is C13H16N4O. The van der Waals surface area contributed by atoms with Crippen molar-refractivity contribution in [2.75, 3.05) is 6.54 Å². The summed E-state index contributed by atoms with van der Waals surface area (Å²) in [5.74, 6) is 0.880. The minimum Gasteiger partial charge on any atom is -0.387 e. The quantitative estimate of drug-likeness (QED) is 0.843. The summed E-state index contributed by atoms with van der Waals surface area (Å²) in [5.41, 5.74) is 7.24. The van der Waals surface area contributed by atoms with E-state index in [9.17, 15) is 4.79 Å².